The van der Waals surface area contributed by atoms with Gasteiger partial charge < -0.3 is 5.32 Å². The molecular weight excluding hydrogens is 362 g/mol. The molecule has 1 amide bonds. The molecule has 0 unspecified atom stereocenters. The molecule has 0 radical (unpaired) electrons. The number of fused-ring (bicyclic) bond motifs is 1. The number of carbonyl (C=O) groups is 1. The number of hydrogen-bond acceptors (Lipinski definition) is 5. The van der Waals surface area contributed by atoms with Crippen LogP contribution in [0.2, 0.25) is 0 Å². The van der Waals surface area contributed by atoms with Gasteiger partial charge in [-0.15, -0.1) is 0 Å². The highest BCUT2D eigenvalue weighted by molar-refractivity contribution is 8.26. The summed E-state index contributed by atoms with van der Waals surface area (Å²) in [6.07, 6.45) is 2.63. The highest BCUT2D eigenvalue weighted by atomic mass is 32.2. The fourth-order valence-corrected chi connectivity index (χ4v) is 3.90. The van der Waals surface area contributed by atoms with Crippen molar-refractivity contribution in [2.45, 2.75) is 13.3 Å². The summed E-state index contributed by atoms with van der Waals surface area (Å²) in [5.41, 5.74) is 4.48. The SMILES string of the molecule is CCc1cc2ccccc2nc1-c1cccc(C=C2SC(=S)NC2=O)n1. The third-order valence-electron chi connectivity index (χ3n) is 4.12. The molecule has 26 heavy (non-hydrogen) atoms. The van der Waals surface area contributed by atoms with Crippen LogP contribution in [0.1, 0.15) is 18.2 Å². The number of thiocarbonyl (C=S) groups is 1. The lowest BCUT2D eigenvalue weighted by atomic mass is 10.0. The van der Waals surface area contributed by atoms with Gasteiger partial charge in [-0.1, -0.05) is 55.2 Å². The number of aromatic nitrogens is 2. The Morgan fingerprint density at radius 2 is 2.00 bits per heavy atom. The Kier molecular flexibility index (Phi) is 4.53. The molecule has 2 aromatic heterocycles. The predicted octanol–water partition coefficient (Wildman–Crippen LogP) is 4.35. The van der Waals surface area contributed by atoms with E-state index in [9.17, 15) is 4.79 Å². The van der Waals surface area contributed by atoms with Crippen molar-refractivity contribution < 1.29 is 4.79 Å². The Morgan fingerprint density at radius 1 is 1.15 bits per heavy atom. The molecule has 0 saturated carbocycles. The Morgan fingerprint density at radius 3 is 2.77 bits per heavy atom. The summed E-state index contributed by atoms with van der Waals surface area (Å²) in [7, 11) is 0. The lowest BCUT2D eigenvalue weighted by molar-refractivity contribution is -0.115. The van der Waals surface area contributed by atoms with Crippen LogP contribution < -0.4 is 5.32 Å². The van der Waals surface area contributed by atoms with Crippen LogP contribution in [0.15, 0.2) is 53.4 Å². The van der Waals surface area contributed by atoms with E-state index in [0.717, 1.165) is 34.3 Å². The summed E-state index contributed by atoms with van der Waals surface area (Å²) >= 11 is 6.29. The van der Waals surface area contributed by atoms with E-state index in [1.165, 1.54) is 11.8 Å². The number of hydrogen-bond donors (Lipinski definition) is 1. The van der Waals surface area contributed by atoms with Crippen LogP contribution in [0.3, 0.4) is 0 Å². The predicted molar refractivity (Wildman–Crippen MR) is 111 cm³/mol. The highest BCUT2D eigenvalue weighted by Crippen LogP contribution is 2.28. The molecule has 0 aliphatic carbocycles. The van der Waals surface area contributed by atoms with Crippen molar-refractivity contribution >= 4 is 51.2 Å². The molecule has 3 aromatic rings. The maximum Gasteiger partial charge on any atom is 0.263 e. The number of para-hydroxylation sites is 1. The molecule has 4 nitrogen and oxygen atoms in total. The molecule has 1 aromatic carbocycles. The standard InChI is InChI=1S/C20H15N3OS2/c1-2-12-10-13-6-3-4-8-15(13)22-18(12)16-9-5-7-14(21-16)11-17-19(24)23-20(25)26-17/h3-11H,2H2,1H3,(H,23,24,25). The average molecular weight is 377 g/mol. The molecule has 6 heteroatoms. The van der Waals surface area contributed by atoms with E-state index in [4.69, 9.17) is 22.2 Å². The molecule has 0 spiro atoms. The molecule has 1 fully saturated rings. The van der Waals surface area contributed by atoms with Crippen LogP contribution in [-0.4, -0.2) is 20.2 Å². The van der Waals surface area contributed by atoms with Crippen molar-refractivity contribution in [3.05, 3.63) is 64.7 Å². The van der Waals surface area contributed by atoms with Gasteiger partial charge in [0.2, 0.25) is 0 Å². The number of pyridine rings is 2. The fraction of sp³-hybridized carbons (Fsp3) is 0.100. The topological polar surface area (TPSA) is 54.9 Å². The lowest BCUT2D eigenvalue weighted by Gasteiger charge is -2.09. The Balaban J connectivity index is 1.79. The van der Waals surface area contributed by atoms with E-state index in [0.29, 0.717) is 14.9 Å². The number of nitrogens with one attached hydrogen (secondary N) is 1. The number of carbonyl (C=O) groups excluding carboxylic acids is 1. The second kappa shape index (κ2) is 6.97. The molecule has 0 bridgehead atoms. The third-order valence-corrected chi connectivity index (χ3v) is 5.28. The molecule has 1 saturated heterocycles. The van der Waals surface area contributed by atoms with Gasteiger partial charge in [0, 0.05) is 5.39 Å². The molecule has 128 valence electrons. The normalized spacial score (nSPS) is 15.7. The van der Waals surface area contributed by atoms with Crippen molar-refractivity contribution in [3.63, 3.8) is 0 Å². The molecule has 3 heterocycles. The van der Waals surface area contributed by atoms with Gasteiger partial charge in [0.15, 0.2) is 0 Å². The maximum atomic E-state index is 11.9. The minimum atomic E-state index is -0.176. The summed E-state index contributed by atoms with van der Waals surface area (Å²) in [6.45, 7) is 2.11. The minimum absolute atomic E-state index is 0.176. The quantitative estimate of drug-likeness (QED) is 0.543. The molecule has 1 aliphatic heterocycles. The highest BCUT2D eigenvalue weighted by Gasteiger charge is 2.22. The number of nitrogens with zero attached hydrogens (tertiary/aromatic N) is 2. The number of amides is 1. The summed E-state index contributed by atoms with van der Waals surface area (Å²) in [6, 6.07) is 16.0. The van der Waals surface area contributed by atoms with Gasteiger partial charge in [0.05, 0.1) is 27.5 Å². The zero-order valence-corrected chi connectivity index (χ0v) is 15.7. The first-order valence-corrected chi connectivity index (χ1v) is 9.47. The number of rotatable bonds is 3. The van der Waals surface area contributed by atoms with Crippen molar-refractivity contribution in [1.29, 1.82) is 0 Å². The number of benzene rings is 1. The zero-order valence-electron chi connectivity index (χ0n) is 14.0. The second-order valence-electron chi connectivity index (χ2n) is 5.84. The first kappa shape index (κ1) is 16.9. The first-order valence-electron chi connectivity index (χ1n) is 8.25. The van der Waals surface area contributed by atoms with E-state index in [2.05, 4.69) is 24.4 Å². The van der Waals surface area contributed by atoms with E-state index in [1.54, 1.807) is 6.08 Å². The van der Waals surface area contributed by atoms with Gasteiger partial charge in [-0.05, 0) is 42.3 Å². The number of thioether (sulfide) groups is 1. The Labute approximate surface area is 160 Å². The van der Waals surface area contributed by atoms with E-state index in [-0.39, 0.29) is 5.91 Å². The van der Waals surface area contributed by atoms with Gasteiger partial charge in [0.1, 0.15) is 4.32 Å². The lowest BCUT2D eigenvalue weighted by Crippen LogP contribution is -2.17. The van der Waals surface area contributed by atoms with Gasteiger partial charge in [-0.25, -0.2) is 9.97 Å². The van der Waals surface area contributed by atoms with Crippen LogP contribution in [0.4, 0.5) is 0 Å². The van der Waals surface area contributed by atoms with Gasteiger partial charge >= 0.3 is 0 Å². The molecule has 1 N–H and O–H groups in total. The summed E-state index contributed by atoms with van der Waals surface area (Å²) < 4.78 is 0.474. The van der Waals surface area contributed by atoms with Gasteiger partial charge in [-0.2, -0.15) is 0 Å². The maximum absolute atomic E-state index is 11.9. The van der Waals surface area contributed by atoms with E-state index in [1.807, 2.05) is 36.4 Å². The summed E-state index contributed by atoms with van der Waals surface area (Å²) in [5, 5.41) is 3.74. The summed E-state index contributed by atoms with van der Waals surface area (Å²) in [4.78, 5) is 22.0. The third kappa shape index (κ3) is 3.25. The van der Waals surface area contributed by atoms with Crippen molar-refractivity contribution in [1.82, 2.24) is 15.3 Å². The van der Waals surface area contributed by atoms with Gasteiger partial charge in [0.25, 0.3) is 5.91 Å². The molecular formula is C20H15N3OS2. The van der Waals surface area contributed by atoms with Crippen LogP contribution >= 0.6 is 24.0 Å². The largest absolute Gasteiger partial charge is 0.307 e. The monoisotopic (exact) mass is 377 g/mol. The van der Waals surface area contributed by atoms with Crippen LogP contribution in [0.25, 0.3) is 28.4 Å². The zero-order chi connectivity index (χ0) is 18.1. The van der Waals surface area contributed by atoms with Crippen LogP contribution in [0, 0.1) is 0 Å². The smallest absolute Gasteiger partial charge is 0.263 e. The first-order chi connectivity index (χ1) is 12.6. The van der Waals surface area contributed by atoms with Crippen LogP contribution in [0.5, 0.6) is 0 Å². The fourth-order valence-electron chi connectivity index (χ4n) is 2.87. The summed E-state index contributed by atoms with van der Waals surface area (Å²) in [5.74, 6) is -0.176. The Bertz CT molecular complexity index is 1080. The molecule has 1 aliphatic rings. The minimum Gasteiger partial charge on any atom is -0.307 e. The van der Waals surface area contributed by atoms with Crippen LogP contribution in [-0.2, 0) is 11.2 Å². The van der Waals surface area contributed by atoms with Crippen molar-refractivity contribution in [2.24, 2.45) is 0 Å². The Hall–Kier alpha value is -2.57. The van der Waals surface area contributed by atoms with E-state index < -0.39 is 0 Å². The average Bonchev–Trinajstić information content (AvgIpc) is 2.97. The second-order valence-corrected chi connectivity index (χ2v) is 7.56. The molecule has 0 atom stereocenters. The molecule has 4 rings (SSSR count). The van der Waals surface area contributed by atoms with Crippen molar-refractivity contribution in [2.75, 3.05) is 0 Å². The van der Waals surface area contributed by atoms with Crippen molar-refractivity contribution in [3.8, 4) is 11.4 Å². The number of aryl methyl sites for hydroxylation is 1. The van der Waals surface area contributed by atoms with Gasteiger partial charge in [-0.3, -0.25) is 4.79 Å². The van der Waals surface area contributed by atoms with E-state index >= 15 is 0 Å².